The van der Waals surface area contributed by atoms with Crippen molar-refractivity contribution < 1.29 is 18.7 Å². The summed E-state index contributed by atoms with van der Waals surface area (Å²) in [7, 11) is 0. The maximum absolute atomic E-state index is 13.1. The van der Waals surface area contributed by atoms with Crippen LogP contribution in [0, 0.1) is 5.82 Å². The van der Waals surface area contributed by atoms with Gasteiger partial charge in [0, 0.05) is 10.6 Å². The molecule has 7 heteroatoms. The van der Waals surface area contributed by atoms with Gasteiger partial charge in [-0.25, -0.2) is 4.39 Å². The third-order valence-electron chi connectivity index (χ3n) is 4.64. The van der Waals surface area contributed by atoms with Crippen molar-refractivity contribution in [2.24, 2.45) is 0 Å². The average Bonchev–Trinajstić information content (AvgIpc) is 3.03. The summed E-state index contributed by atoms with van der Waals surface area (Å²) < 4.78 is 19.0. The molecule has 0 aromatic heterocycles. The van der Waals surface area contributed by atoms with Crippen LogP contribution in [-0.4, -0.2) is 16.0 Å². The van der Waals surface area contributed by atoms with Crippen molar-refractivity contribution in [2.45, 2.75) is 13.2 Å². The van der Waals surface area contributed by atoms with Crippen molar-refractivity contribution in [2.75, 3.05) is 0 Å². The number of benzene rings is 3. The van der Waals surface area contributed by atoms with Crippen LogP contribution in [0.2, 0.25) is 5.02 Å². The van der Waals surface area contributed by atoms with Crippen LogP contribution in [0.1, 0.15) is 16.7 Å². The molecule has 2 amide bonds. The van der Waals surface area contributed by atoms with Crippen LogP contribution in [0.25, 0.3) is 6.08 Å². The highest BCUT2D eigenvalue weighted by Crippen LogP contribution is 2.35. The third-order valence-corrected chi connectivity index (χ3v) is 5.80. The minimum atomic E-state index is -0.383. The van der Waals surface area contributed by atoms with E-state index in [0.29, 0.717) is 33.4 Å². The molecular weight excluding hydrogens is 437 g/mol. The summed E-state index contributed by atoms with van der Waals surface area (Å²) in [4.78, 5) is 26.7. The van der Waals surface area contributed by atoms with Gasteiger partial charge in [-0.2, -0.15) is 0 Å². The Kier molecular flexibility index (Phi) is 6.39. The normalized spacial score (nSPS) is 15.0. The molecule has 4 rings (SSSR count). The lowest BCUT2D eigenvalue weighted by Crippen LogP contribution is -2.27. The fourth-order valence-corrected chi connectivity index (χ4v) is 3.98. The lowest BCUT2D eigenvalue weighted by molar-refractivity contribution is -0.123. The van der Waals surface area contributed by atoms with E-state index in [-0.39, 0.29) is 23.5 Å². The SMILES string of the molecule is O=C1S/C(=C/c2ccccc2OCc2ccc(Cl)cc2)C(=O)N1Cc1ccc(F)cc1. The van der Waals surface area contributed by atoms with Gasteiger partial charge < -0.3 is 4.74 Å². The zero-order chi connectivity index (χ0) is 21.8. The highest BCUT2D eigenvalue weighted by Gasteiger charge is 2.35. The first-order valence-corrected chi connectivity index (χ1v) is 10.6. The second-order valence-electron chi connectivity index (χ2n) is 6.85. The van der Waals surface area contributed by atoms with Gasteiger partial charge in [0.15, 0.2) is 0 Å². The van der Waals surface area contributed by atoms with Crippen LogP contribution in [0.3, 0.4) is 0 Å². The number of carbonyl (C=O) groups excluding carboxylic acids is 2. The van der Waals surface area contributed by atoms with E-state index >= 15 is 0 Å². The van der Waals surface area contributed by atoms with Gasteiger partial charge in [0.25, 0.3) is 11.1 Å². The van der Waals surface area contributed by atoms with Crippen LogP contribution in [0.5, 0.6) is 5.75 Å². The summed E-state index contributed by atoms with van der Waals surface area (Å²) in [5.41, 5.74) is 2.33. The summed E-state index contributed by atoms with van der Waals surface area (Å²) in [5.74, 6) is -0.150. The molecule has 3 aromatic carbocycles. The molecule has 0 N–H and O–H groups in total. The van der Waals surface area contributed by atoms with E-state index in [0.717, 1.165) is 22.2 Å². The van der Waals surface area contributed by atoms with Crippen molar-refractivity contribution in [3.8, 4) is 5.75 Å². The van der Waals surface area contributed by atoms with Crippen molar-refractivity contribution in [3.05, 3.63) is 105 Å². The molecular formula is C24H17ClFNO3S. The summed E-state index contributed by atoms with van der Waals surface area (Å²) in [5, 5.41) is 0.292. The Morgan fingerprint density at radius 3 is 2.35 bits per heavy atom. The minimum Gasteiger partial charge on any atom is -0.488 e. The van der Waals surface area contributed by atoms with Gasteiger partial charge in [-0.05, 0) is 59.3 Å². The number of para-hydroxylation sites is 1. The predicted octanol–water partition coefficient (Wildman–Crippen LogP) is 6.29. The Balaban J connectivity index is 1.50. The van der Waals surface area contributed by atoms with Crippen LogP contribution in [0.4, 0.5) is 9.18 Å². The topological polar surface area (TPSA) is 46.6 Å². The minimum absolute atomic E-state index is 0.0942. The van der Waals surface area contributed by atoms with E-state index in [4.69, 9.17) is 16.3 Å². The van der Waals surface area contributed by atoms with Crippen molar-refractivity contribution >= 4 is 40.6 Å². The number of hydrogen-bond donors (Lipinski definition) is 0. The van der Waals surface area contributed by atoms with Gasteiger partial charge in [0.2, 0.25) is 0 Å². The number of hydrogen-bond acceptors (Lipinski definition) is 4. The van der Waals surface area contributed by atoms with Crippen LogP contribution in [-0.2, 0) is 17.9 Å². The van der Waals surface area contributed by atoms with E-state index in [2.05, 4.69) is 0 Å². The molecule has 1 saturated heterocycles. The summed E-state index contributed by atoms with van der Waals surface area (Å²) in [6, 6.07) is 20.4. The maximum atomic E-state index is 13.1. The largest absolute Gasteiger partial charge is 0.488 e. The Labute approximate surface area is 188 Å². The van der Waals surface area contributed by atoms with Gasteiger partial charge in [0.1, 0.15) is 18.2 Å². The molecule has 0 aliphatic carbocycles. The van der Waals surface area contributed by atoms with Gasteiger partial charge in [-0.1, -0.05) is 54.1 Å². The standard InChI is InChI=1S/C24H17ClFNO3S/c25-19-9-5-17(6-10-19)15-30-21-4-2-1-3-18(21)13-22-23(28)27(24(29)31-22)14-16-7-11-20(26)12-8-16/h1-13H,14-15H2/b22-13+. The first kappa shape index (κ1) is 21.2. The fourth-order valence-electron chi connectivity index (χ4n) is 3.02. The molecule has 0 unspecified atom stereocenters. The number of nitrogens with zero attached hydrogens (tertiary/aromatic N) is 1. The van der Waals surface area contributed by atoms with Gasteiger partial charge >= 0.3 is 0 Å². The van der Waals surface area contributed by atoms with Crippen LogP contribution < -0.4 is 4.74 Å². The average molecular weight is 454 g/mol. The number of amides is 2. The number of carbonyl (C=O) groups is 2. The fraction of sp³-hybridized carbons (Fsp3) is 0.0833. The molecule has 1 heterocycles. The molecule has 0 bridgehead atoms. The first-order valence-electron chi connectivity index (χ1n) is 9.46. The monoisotopic (exact) mass is 453 g/mol. The van der Waals surface area contributed by atoms with Gasteiger partial charge in [0.05, 0.1) is 11.4 Å². The third kappa shape index (κ3) is 5.16. The van der Waals surface area contributed by atoms with E-state index in [1.165, 1.54) is 12.1 Å². The molecule has 1 aliphatic rings. The van der Waals surface area contributed by atoms with Crippen molar-refractivity contribution in [3.63, 3.8) is 0 Å². The van der Waals surface area contributed by atoms with Crippen LogP contribution >= 0.6 is 23.4 Å². The molecule has 31 heavy (non-hydrogen) atoms. The number of imide groups is 1. The number of ether oxygens (including phenoxy) is 1. The molecule has 3 aromatic rings. The number of halogens is 2. The molecule has 1 fully saturated rings. The highest BCUT2D eigenvalue weighted by molar-refractivity contribution is 8.18. The molecule has 1 aliphatic heterocycles. The zero-order valence-electron chi connectivity index (χ0n) is 16.3. The highest BCUT2D eigenvalue weighted by atomic mass is 35.5. The van der Waals surface area contributed by atoms with Crippen molar-refractivity contribution in [1.29, 1.82) is 0 Å². The van der Waals surface area contributed by atoms with E-state index in [1.807, 2.05) is 36.4 Å². The van der Waals surface area contributed by atoms with Crippen LogP contribution in [0.15, 0.2) is 77.7 Å². The molecule has 0 saturated carbocycles. The van der Waals surface area contributed by atoms with E-state index in [1.54, 1.807) is 30.3 Å². The second kappa shape index (κ2) is 9.37. The van der Waals surface area contributed by atoms with E-state index < -0.39 is 0 Å². The molecule has 0 atom stereocenters. The number of thioether (sulfide) groups is 1. The molecule has 4 nitrogen and oxygen atoms in total. The summed E-state index contributed by atoms with van der Waals surface area (Å²) >= 11 is 6.79. The molecule has 0 spiro atoms. The maximum Gasteiger partial charge on any atom is 0.293 e. The Hall–Kier alpha value is -3.09. The van der Waals surface area contributed by atoms with Gasteiger partial charge in [-0.15, -0.1) is 0 Å². The Morgan fingerprint density at radius 2 is 1.61 bits per heavy atom. The quantitative estimate of drug-likeness (QED) is 0.411. The van der Waals surface area contributed by atoms with Crippen molar-refractivity contribution in [1.82, 2.24) is 4.90 Å². The molecule has 0 radical (unpaired) electrons. The Morgan fingerprint density at radius 1 is 0.935 bits per heavy atom. The second-order valence-corrected chi connectivity index (χ2v) is 8.28. The lowest BCUT2D eigenvalue weighted by Gasteiger charge is -2.12. The van der Waals surface area contributed by atoms with E-state index in [9.17, 15) is 14.0 Å². The summed E-state index contributed by atoms with van der Waals surface area (Å²) in [6.45, 7) is 0.436. The predicted molar refractivity (Wildman–Crippen MR) is 120 cm³/mol. The zero-order valence-corrected chi connectivity index (χ0v) is 17.8. The lowest BCUT2D eigenvalue weighted by atomic mass is 10.1. The number of rotatable bonds is 6. The van der Waals surface area contributed by atoms with Gasteiger partial charge in [-0.3, -0.25) is 14.5 Å². The smallest absolute Gasteiger partial charge is 0.293 e. The first-order chi connectivity index (χ1) is 15.0. The molecule has 156 valence electrons. The Bertz CT molecular complexity index is 1150. The summed E-state index contributed by atoms with van der Waals surface area (Å²) in [6.07, 6.45) is 1.66.